The van der Waals surface area contributed by atoms with E-state index in [0.717, 1.165) is 36.9 Å². The van der Waals surface area contributed by atoms with Crippen molar-refractivity contribution in [1.82, 2.24) is 19.3 Å². The van der Waals surface area contributed by atoms with E-state index in [-0.39, 0.29) is 11.5 Å². The van der Waals surface area contributed by atoms with Gasteiger partial charge in [-0.05, 0) is 37.8 Å². The van der Waals surface area contributed by atoms with Crippen LogP contribution in [0.1, 0.15) is 35.8 Å². The van der Waals surface area contributed by atoms with E-state index >= 15 is 0 Å². The minimum atomic E-state index is -0.155. The number of para-hydroxylation sites is 1. The molecule has 0 atom stereocenters. The van der Waals surface area contributed by atoms with Gasteiger partial charge < -0.3 is 0 Å². The molecule has 3 aromatic rings. The van der Waals surface area contributed by atoms with E-state index < -0.39 is 0 Å². The first kappa shape index (κ1) is 13.9. The molecule has 2 heterocycles. The van der Waals surface area contributed by atoms with Gasteiger partial charge in [0.2, 0.25) is 5.91 Å². The molecule has 116 valence electrons. The molecular formula is C17H16N4O2. The van der Waals surface area contributed by atoms with Gasteiger partial charge in [0.05, 0.1) is 16.6 Å². The quantitative estimate of drug-likeness (QED) is 0.690. The van der Waals surface area contributed by atoms with E-state index in [2.05, 4.69) is 10.1 Å². The Morgan fingerprint density at radius 3 is 2.78 bits per heavy atom. The van der Waals surface area contributed by atoms with Gasteiger partial charge in [-0.1, -0.05) is 12.1 Å². The van der Waals surface area contributed by atoms with Crippen molar-refractivity contribution in [2.24, 2.45) is 0 Å². The molecule has 0 amide bonds. The van der Waals surface area contributed by atoms with Gasteiger partial charge in [0.15, 0.2) is 5.82 Å². The number of carbonyl (C=O) groups is 1. The number of benzene rings is 1. The first-order valence-corrected chi connectivity index (χ1v) is 7.75. The molecule has 0 saturated carbocycles. The molecular weight excluding hydrogens is 292 g/mol. The molecule has 6 nitrogen and oxygen atoms in total. The van der Waals surface area contributed by atoms with Gasteiger partial charge in [0, 0.05) is 12.5 Å². The second-order valence-electron chi connectivity index (χ2n) is 5.82. The third kappa shape index (κ3) is 2.10. The fraction of sp³-hybridized carbons (Fsp3) is 0.294. The maximum absolute atomic E-state index is 12.8. The first-order valence-electron chi connectivity index (χ1n) is 7.75. The van der Waals surface area contributed by atoms with E-state index in [1.54, 1.807) is 6.07 Å². The van der Waals surface area contributed by atoms with Crippen LogP contribution in [-0.4, -0.2) is 25.2 Å². The Morgan fingerprint density at radius 2 is 1.96 bits per heavy atom. The van der Waals surface area contributed by atoms with E-state index in [1.165, 1.54) is 22.5 Å². The molecule has 0 fully saturated rings. The summed E-state index contributed by atoms with van der Waals surface area (Å²) in [6.45, 7) is 1.49. The monoisotopic (exact) mass is 308 g/mol. The van der Waals surface area contributed by atoms with E-state index in [1.807, 2.05) is 18.2 Å². The minimum absolute atomic E-state index is 0.129. The van der Waals surface area contributed by atoms with Crippen LogP contribution in [-0.2, 0) is 12.8 Å². The highest BCUT2D eigenvalue weighted by atomic mass is 16.2. The Balaban J connectivity index is 2.00. The van der Waals surface area contributed by atoms with Crippen LogP contribution in [0.2, 0.25) is 0 Å². The lowest BCUT2D eigenvalue weighted by Gasteiger charge is -2.13. The van der Waals surface area contributed by atoms with Crippen molar-refractivity contribution >= 4 is 16.8 Å². The van der Waals surface area contributed by atoms with Gasteiger partial charge in [-0.15, -0.1) is 5.10 Å². The van der Waals surface area contributed by atoms with Crippen LogP contribution >= 0.6 is 0 Å². The summed E-state index contributed by atoms with van der Waals surface area (Å²) < 4.78 is 2.90. The van der Waals surface area contributed by atoms with Crippen molar-refractivity contribution in [3.8, 4) is 5.82 Å². The van der Waals surface area contributed by atoms with Crippen LogP contribution < -0.4 is 5.56 Å². The molecule has 0 aliphatic heterocycles. The lowest BCUT2D eigenvalue weighted by molar-refractivity contribution is 0.0917. The van der Waals surface area contributed by atoms with Crippen LogP contribution in [0.5, 0.6) is 0 Å². The summed E-state index contributed by atoms with van der Waals surface area (Å²) in [5.41, 5.74) is 2.43. The van der Waals surface area contributed by atoms with Crippen LogP contribution in [0, 0.1) is 0 Å². The fourth-order valence-electron chi connectivity index (χ4n) is 3.25. The second-order valence-corrected chi connectivity index (χ2v) is 5.82. The highest BCUT2D eigenvalue weighted by Gasteiger charge is 2.24. The van der Waals surface area contributed by atoms with Crippen molar-refractivity contribution in [1.29, 1.82) is 0 Å². The zero-order valence-corrected chi connectivity index (χ0v) is 12.8. The molecule has 1 aliphatic carbocycles. The van der Waals surface area contributed by atoms with Gasteiger partial charge >= 0.3 is 0 Å². The Labute approximate surface area is 132 Å². The number of hydrogen-bond acceptors (Lipinski definition) is 4. The highest BCUT2D eigenvalue weighted by molar-refractivity contribution is 5.78. The van der Waals surface area contributed by atoms with Gasteiger partial charge in [0.1, 0.15) is 6.33 Å². The number of hydrogen-bond donors (Lipinski definition) is 0. The summed E-state index contributed by atoms with van der Waals surface area (Å²) in [6.07, 6.45) is 5.23. The first-order chi connectivity index (χ1) is 11.2. The minimum Gasteiger partial charge on any atom is -0.273 e. The number of fused-ring (bicyclic) bond motifs is 2. The van der Waals surface area contributed by atoms with Crippen molar-refractivity contribution in [2.45, 2.75) is 32.6 Å². The second kappa shape index (κ2) is 5.15. The summed E-state index contributed by atoms with van der Waals surface area (Å²) in [6, 6.07) is 7.24. The topological polar surface area (TPSA) is 69.8 Å². The number of nitrogens with zero attached hydrogens (tertiary/aromatic N) is 4. The molecule has 0 radical (unpaired) electrons. The van der Waals surface area contributed by atoms with Crippen molar-refractivity contribution in [3.63, 3.8) is 0 Å². The molecule has 0 N–H and O–H groups in total. The summed E-state index contributed by atoms with van der Waals surface area (Å²) in [7, 11) is 0. The van der Waals surface area contributed by atoms with Gasteiger partial charge in [-0.3, -0.25) is 9.59 Å². The van der Waals surface area contributed by atoms with Crippen molar-refractivity contribution in [2.75, 3.05) is 0 Å². The Hall–Kier alpha value is -2.76. The number of rotatable bonds is 1. The Bertz CT molecular complexity index is 984. The molecule has 23 heavy (non-hydrogen) atoms. The molecule has 2 aromatic heterocycles. The third-order valence-corrected chi connectivity index (χ3v) is 4.35. The van der Waals surface area contributed by atoms with Crippen LogP contribution in [0.4, 0.5) is 0 Å². The zero-order valence-electron chi connectivity index (χ0n) is 12.8. The molecule has 4 rings (SSSR count). The van der Waals surface area contributed by atoms with Crippen LogP contribution in [0.3, 0.4) is 0 Å². The summed E-state index contributed by atoms with van der Waals surface area (Å²) in [5.74, 6) is 0.411. The smallest absolute Gasteiger partial charge is 0.267 e. The molecule has 0 unspecified atom stereocenters. The maximum atomic E-state index is 12.8. The van der Waals surface area contributed by atoms with Gasteiger partial charge in [0.25, 0.3) is 5.56 Å². The van der Waals surface area contributed by atoms with E-state index in [0.29, 0.717) is 16.7 Å². The number of carbonyl (C=O) groups excluding carboxylic acids is 1. The van der Waals surface area contributed by atoms with Crippen molar-refractivity contribution < 1.29 is 4.79 Å². The van der Waals surface area contributed by atoms with Crippen molar-refractivity contribution in [3.05, 3.63) is 52.2 Å². The predicted molar refractivity (Wildman–Crippen MR) is 86.1 cm³/mol. The highest BCUT2D eigenvalue weighted by Crippen LogP contribution is 2.26. The number of aromatic nitrogens is 4. The van der Waals surface area contributed by atoms with Gasteiger partial charge in [-0.25, -0.2) is 14.2 Å². The molecule has 1 aliphatic rings. The SMILES string of the molecule is CC(=O)n1nc(-n2cnc3ccccc3c2=O)c2c1CCCC2. The zero-order chi connectivity index (χ0) is 16.0. The summed E-state index contributed by atoms with van der Waals surface area (Å²) in [4.78, 5) is 29.0. The summed E-state index contributed by atoms with van der Waals surface area (Å²) >= 11 is 0. The lowest BCUT2D eigenvalue weighted by Crippen LogP contribution is -2.20. The Kier molecular flexibility index (Phi) is 3.11. The molecule has 1 aromatic carbocycles. The maximum Gasteiger partial charge on any atom is 0.267 e. The molecule has 0 saturated heterocycles. The van der Waals surface area contributed by atoms with E-state index in [4.69, 9.17) is 0 Å². The van der Waals surface area contributed by atoms with Crippen LogP contribution in [0.25, 0.3) is 16.7 Å². The third-order valence-electron chi connectivity index (χ3n) is 4.35. The van der Waals surface area contributed by atoms with E-state index in [9.17, 15) is 9.59 Å². The molecule has 0 bridgehead atoms. The summed E-state index contributed by atoms with van der Waals surface area (Å²) in [5, 5.41) is 4.97. The average Bonchev–Trinajstić information content (AvgIpc) is 2.95. The standard InChI is InChI=1S/C17H16N4O2/c1-11(22)21-15-9-5-3-7-13(15)16(19-21)20-10-18-14-8-4-2-6-12(14)17(20)23/h2,4,6,8,10H,3,5,7,9H2,1H3. The fourth-order valence-corrected chi connectivity index (χ4v) is 3.25. The average molecular weight is 308 g/mol. The normalized spacial score (nSPS) is 14.0. The molecule has 6 heteroatoms. The predicted octanol–water partition coefficient (Wildman–Crippen LogP) is 2.12. The lowest BCUT2D eigenvalue weighted by atomic mass is 9.97. The van der Waals surface area contributed by atoms with Gasteiger partial charge in [-0.2, -0.15) is 0 Å². The Morgan fingerprint density at radius 1 is 1.17 bits per heavy atom. The van der Waals surface area contributed by atoms with Crippen LogP contribution in [0.15, 0.2) is 35.4 Å². The largest absolute Gasteiger partial charge is 0.273 e. The molecule has 0 spiro atoms.